The standard InChI is InChI=1S/C10H22N2O/c1-9(2)6-11-10(8-13)4-5-12(3)7-10/h9,11,13H,4-8H2,1-3H3. The molecule has 1 unspecified atom stereocenters. The van der Waals surface area contributed by atoms with Gasteiger partial charge in [0.05, 0.1) is 12.1 Å². The number of aliphatic hydroxyl groups excluding tert-OH is 1. The third kappa shape index (κ3) is 2.93. The Hall–Kier alpha value is -0.120. The molecular formula is C10H22N2O. The van der Waals surface area contributed by atoms with Crippen molar-refractivity contribution in [2.24, 2.45) is 5.92 Å². The fourth-order valence-corrected chi connectivity index (χ4v) is 1.83. The predicted molar refractivity (Wildman–Crippen MR) is 54.8 cm³/mol. The highest BCUT2D eigenvalue weighted by atomic mass is 16.3. The zero-order chi connectivity index (χ0) is 9.90. The van der Waals surface area contributed by atoms with Crippen LogP contribution in [0.2, 0.25) is 0 Å². The summed E-state index contributed by atoms with van der Waals surface area (Å²) in [6, 6.07) is 0. The van der Waals surface area contributed by atoms with Gasteiger partial charge in [-0.2, -0.15) is 0 Å². The van der Waals surface area contributed by atoms with Crippen LogP contribution in [0.15, 0.2) is 0 Å². The average Bonchev–Trinajstić information content (AvgIpc) is 2.45. The van der Waals surface area contributed by atoms with Crippen LogP contribution in [-0.4, -0.2) is 48.8 Å². The first-order chi connectivity index (χ1) is 6.08. The first-order valence-corrected chi connectivity index (χ1v) is 5.12. The number of rotatable bonds is 4. The lowest BCUT2D eigenvalue weighted by molar-refractivity contribution is 0.161. The number of likely N-dealkylation sites (tertiary alicyclic amines) is 1. The number of hydrogen-bond donors (Lipinski definition) is 2. The van der Waals surface area contributed by atoms with Gasteiger partial charge in [0.1, 0.15) is 0 Å². The highest BCUT2D eigenvalue weighted by molar-refractivity contribution is 4.96. The smallest absolute Gasteiger partial charge is 0.0626 e. The molecule has 1 rings (SSSR count). The summed E-state index contributed by atoms with van der Waals surface area (Å²) in [4.78, 5) is 2.27. The Morgan fingerprint density at radius 2 is 2.23 bits per heavy atom. The number of nitrogens with one attached hydrogen (secondary N) is 1. The van der Waals surface area contributed by atoms with E-state index in [9.17, 15) is 5.11 Å². The van der Waals surface area contributed by atoms with Gasteiger partial charge in [0.2, 0.25) is 0 Å². The average molecular weight is 186 g/mol. The van der Waals surface area contributed by atoms with Crippen molar-refractivity contribution in [3.05, 3.63) is 0 Å². The maximum atomic E-state index is 9.36. The van der Waals surface area contributed by atoms with Crippen molar-refractivity contribution < 1.29 is 5.11 Å². The molecule has 1 aliphatic rings. The summed E-state index contributed by atoms with van der Waals surface area (Å²) >= 11 is 0. The van der Waals surface area contributed by atoms with Crippen molar-refractivity contribution >= 4 is 0 Å². The van der Waals surface area contributed by atoms with Crippen molar-refractivity contribution in [3.63, 3.8) is 0 Å². The highest BCUT2D eigenvalue weighted by Crippen LogP contribution is 2.19. The lowest BCUT2D eigenvalue weighted by atomic mass is 9.99. The van der Waals surface area contributed by atoms with Gasteiger partial charge < -0.3 is 15.3 Å². The molecule has 1 heterocycles. The van der Waals surface area contributed by atoms with Crippen molar-refractivity contribution in [1.82, 2.24) is 10.2 Å². The summed E-state index contributed by atoms with van der Waals surface area (Å²) in [5.74, 6) is 0.648. The van der Waals surface area contributed by atoms with E-state index in [-0.39, 0.29) is 12.1 Å². The fourth-order valence-electron chi connectivity index (χ4n) is 1.83. The number of aliphatic hydroxyl groups is 1. The molecule has 0 saturated carbocycles. The van der Waals surface area contributed by atoms with Crippen LogP contribution in [0.4, 0.5) is 0 Å². The minimum atomic E-state index is -0.0287. The maximum absolute atomic E-state index is 9.36. The summed E-state index contributed by atoms with van der Waals surface area (Å²) in [5, 5.41) is 12.8. The Balaban J connectivity index is 2.41. The summed E-state index contributed by atoms with van der Waals surface area (Å²) < 4.78 is 0. The van der Waals surface area contributed by atoms with E-state index in [1.807, 2.05) is 0 Å². The monoisotopic (exact) mass is 186 g/mol. The molecule has 3 heteroatoms. The fraction of sp³-hybridized carbons (Fsp3) is 1.00. The maximum Gasteiger partial charge on any atom is 0.0626 e. The van der Waals surface area contributed by atoms with Crippen LogP contribution in [0.3, 0.4) is 0 Å². The van der Waals surface area contributed by atoms with Gasteiger partial charge in [0.15, 0.2) is 0 Å². The summed E-state index contributed by atoms with van der Waals surface area (Å²) in [6.07, 6.45) is 1.06. The van der Waals surface area contributed by atoms with E-state index in [1.54, 1.807) is 0 Å². The quantitative estimate of drug-likeness (QED) is 0.663. The zero-order valence-corrected chi connectivity index (χ0v) is 9.01. The van der Waals surface area contributed by atoms with E-state index in [1.165, 1.54) is 0 Å². The first kappa shape index (κ1) is 11.0. The largest absolute Gasteiger partial charge is 0.394 e. The molecule has 0 aromatic heterocycles. The van der Waals surface area contributed by atoms with Crippen LogP contribution < -0.4 is 5.32 Å². The molecule has 2 N–H and O–H groups in total. The van der Waals surface area contributed by atoms with Crippen LogP contribution in [0.25, 0.3) is 0 Å². The molecule has 0 spiro atoms. The van der Waals surface area contributed by atoms with Crippen LogP contribution in [-0.2, 0) is 0 Å². The molecule has 0 radical (unpaired) electrons. The second-order valence-electron chi connectivity index (χ2n) is 4.70. The molecule has 78 valence electrons. The van der Waals surface area contributed by atoms with Crippen LogP contribution >= 0.6 is 0 Å². The van der Waals surface area contributed by atoms with Gasteiger partial charge in [-0.3, -0.25) is 0 Å². The highest BCUT2D eigenvalue weighted by Gasteiger charge is 2.35. The molecule has 13 heavy (non-hydrogen) atoms. The number of nitrogens with zero attached hydrogens (tertiary/aromatic N) is 1. The first-order valence-electron chi connectivity index (χ1n) is 5.12. The zero-order valence-electron chi connectivity index (χ0n) is 9.01. The molecule has 0 aliphatic carbocycles. The van der Waals surface area contributed by atoms with Gasteiger partial charge in [0.25, 0.3) is 0 Å². The van der Waals surface area contributed by atoms with Crippen LogP contribution in [0.5, 0.6) is 0 Å². The number of hydrogen-bond acceptors (Lipinski definition) is 3. The molecule has 1 atom stereocenters. The molecule has 0 aromatic carbocycles. The van der Waals surface area contributed by atoms with E-state index in [0.717, 1.165) is 26.1 Å². The Morgan fingerprint density at radius 1 is 1.54 bits per heavy atom. The molecule has 0 bridgehead atoms. The Kier molecular flexibility index (Phi) is 3.71. The predicted octanol–water partition coefficient (Wildman–Crippen LogP) is 0.299. The molecule has 0 amide bonds. The topological polar surface area (TPSA) is 35.5 Å². The van der Waals surface area contributed by atoms with Gasteiger partial charge in [0, 0.05) is 6.54 Å². The van der Waals surface area contributed by atoms with Crippen LogP contribution in [0, 0.1) is 5.92 Å². The minimum absolute atomic E-state index is 0.0287. The van der Waals surface area contributed by atoms with E-state index in [2.05, 4.69) is 31.1 Å². The second-order valence-corrected chi connectivity index (χ2v) is 4.70. The van der Waals surface area contributed by atoms with Crippen molar-refractivity contribution in [1.29, 1.82) is 0 Å². The third-order valence-electron chi connectivity index (χ3n) is 2.73. The molecule has 1 aliphatic heterocycles. The Bertz CT molecular complexity index is 161. The van der Waals surface area contributed by atoms with E-state index in [0.29, 0.717) is 5.92 Å². The van der Waals surface area contributed by atoms with Gasteiger partial charge in [-0.25, -0.2) is 0 Å². The summed E-state index contributed by atoms with van der Waals surface area (Å²) in [5.41, 5.74) is -0.0287. The molecule has 3 nitrogen and oxygen atoms in total. The normalized spacial score (nSPS) is 30.2. The van der Waals surface area contributed by atoms with Gasteiger partial charge in [-0.05, 0) is 32.5 Å². The van der Waals surface area contributed by atoms with Gasteiger partial charge in [-0.1, -0.05) is 13.8 Å². The molecule has 0 aromatic rings. The SMILES string of the molecule is CC(C)CNC1(CO)CCN(C)C1. The van der Waals surface area contributed by atoms with Gasteiger partial charge >= 0.3 is 0 Å². The molecule has 1 fully saturated rings. The van der Waals surface area contributed by atoms with E-state index >= 15 is 0 Å². The van der Waals surface area contributed by atoms with Gasteiger partial charge in [-0.15, -0.1) is 0 Å². The molecule has 1 saturated heterocycles. The van der Waals surface area contributed by atoms with Crippen molar-refractivity contribution in [2.75, 3.05) is 33.3 Å². The second kappa shape index (κ2) is 4.40. The van der Waals surface area contributed by atoms with E-state index in [4.69, 9.17) is 0 Å². The number of likely N-dealkylation sites (N-methyl/N-ethyl adjacent to an activating group) is 1. The van der Waals surface area contributed by atoms with Crippen molar-refractivity contribution in [2.45, 2.75) is 25.8 Å². The lowest BCUT2D eigenvalue weighted by Gasteiger charge is -2.29. The molecular weight excluding hydrogens is 164 g/mol. The van der Waals surface area contributed by atoms with Crippen LogP contribution in [0.1, 0.15) is 20.3 Å². The Morgan fingerprint density at radius 3 is 2.62 bits per heavy atom. The summed E-state index contributed by atoms with van der Waals surface area (Å²) in [6.45, 7) is 7.69. The lowest BCUT2D eigenvalue weighted by Crippen LogP contribution is -2.51. The summed E-state index contributed by atoms with van der Waals surface area (Å²) in [7, 11) is 2.11. The van der Waals surface area contributed by atoms with E-state index < -0.39 is 0 Å². The third-order valence-corrected chi connectivity index (χ3v) is 2.73. The Labute approximate surface area is 81.1 Å². The minimum Gasteiger partial charge on any atom is -0.394 e. The van der Waals surface area contributed by atoms with Crippen molar-refractivity contribution in [3.8, 4) is 0 Å².